The van der Waals surface area contributed by atoms with Crippen LogP contribution in [-0.4, -0.2) is 11.0 Å². The van der Waals surface area contributed by atoms with E-state index in [9.17, 15) is 10.1 Å². The van der Waals surface area contributed by atoms with E-state index in [1.165, 1.54) is 17.7 Å². The van der Waals surface area contributed by atoms with Crippen LogP contribution in [-0.2, 0) is 0 Å². The zero-order valence-corrected chi connectivity index (χ0v) is 12.1. The molecule has 0 heterocycles. The lowest BCUT2D eigenvalue weighted by Gasteiger charge is -2.37. The Morgan fingerprint density at radius 2 is 1.67 bits per heavy atom. The van der Waals surface area contributed by atoms with Gasteiger partial charge in [-0.3, -0.25) is 10.1 Å². The number of benzene rings is 2. The molecule has 0 aliphatic heterocycles. The van der Waals surface area contributed by atoms with Gasteiger partial charge in [0.25, 0.3) is 5.69 Å². The first-order chi connectivity index (χ1) is 10.1. The maximum atomic E-state index is 10.6. The minimum absolute atomic E-state index is 0.119. The Morgan fingerprint density at radius 1 is 1.05 bits per heavy atom. The molecule has 1 saturated carbocycles. The van der Waals surface area contributed by atoms with Crippen molar-refractivity contribution in [3.8, 4) is 0 Å². The standard InChI is InChI=1S/C16H15ClN2O2/c17-13-3-1-11(2-4-13)12-9-15(10-12)18-14-5-7-16(8-6-14)19(20)21/h1-8,12,15,18H,9-10H2. The van der Waals surface area contributed by atoms with Crippen molar-refractivity contribution in [2.24, 2.45) is 0 Å². The van der Waals surface area contributed by atoms with Crippen LogP contribution in [0, 0.1) is 10.1 Å². The molecule has 21 heavy (non-hydrogen) atoms. The van der Waals surface area contributed by atoms with E-state index in [0.717, 1.165) is 23.6 Å². The lowest BCUT2D eigenvalue weighted by atomic mass is 9.76. The molecule has 0 saturated heterocycles. The first-order valence-electron chi connectivity index (χ1n) is 6.88. The van der Waals surface area contributed by atoms with E-state index >= 15 is 0 Å². The van der Waals surface area contributed by atoms with Crippen molar-refractivity contribution in [3.63, 3.8) is 0 Å². The number of anilines is 1. The van der Waals surface area contributed by atoms with Gasteiger partial charge in [0.1, 0.15) is 0 Å². The molecule has 1 N–H and O–H groups in total. The van der Waals surface area contributed by atoms with Gasteiger partial charge >= 0.3 is 0 Å². The molecule has 0 amide bonds. The van der Waals surface area contributed by atoms with Gasteiger partial charge in [0, 0.05) is 28.9 Å². The van der Waals surface area contributed by atoms with Gasteiger partial charge in [-0.2, -0.15) is 0 Å². The molecule has 0 atom stereocenters. The summed E-state index contributed by atoms with van der Waals surface area (Å²) in [5, 5.41) is 14.8. The number of nitrogens with zero attached hydrogens (tertiary/aromatic N) is 1. The molecule has 1 aliphatic carbocycles. The summed E-state index contributed by atoms with van der Waals surface area (Å²) in [5.41, 5.74) is 2.37. The average Bonchev–Trinajstić information content (AvgIpc) is 2.44. The lowest BCUT2D eigenvalue weighted by molar-refractivity contribution is -0.384. The van der Waals surface area contributed by atoms with Crippen LogP contribution < -0.4 is 5.32 Å². The predicted molar refractivity (Wildman–Crippen MR) is 83.9 cm³/mol. The Labute approximate surface area is 127 Å². The topological polar surface area (TPSA) is 55.2 Å². The molecule has 1 fully saturated rings. The van der Waals surface area contributed by atoms with Crippen LogP contribution in [0.3, 0.4) is 0 Å². The largest absolute Gasteiger partial charge is 0.382 e. The van der Waals surface area contributed by atoms with E-state index in [0.29, 0.717) is 12.0 Å². The van der Waals surface area contributed by atoms with Crippen molar-refractivity contribution in [1.29, 1.82) is 0 Å². The number of nitro benzene ring substituents is 1. The van der Waals surface area contributed by atoms with E-state index in [1.54, 1.807) is 12.1 Å². The maximum absolute atomic E-state index is 10.6. The van der Waals surface area contributed by atoms with E-state index in [1.807, 2.05) is 12.1 Å². The monoisotopic (exact) mass is 302 g/mol. The third-order valence-corrected chi connectivity index (χ3v) is 4.18. The van der Waals surface area contributed by atoms with Crippen molar-refractivity contribution in [2.75, 3.05) is 5.32 Å². The molecule has 0 bridgehead atoms. The Kier molecular flexibility index (Phi) is 3.80. The SMILES string of the molecule is O=[N+]([O-])c1ccc(NC2CC(c3ccc(Cl)cc3)C2)cc1. The fraction of sp³-hybridized carbons (Fsp3) is 0.250. The van der Waals surface area contributed by atoms with Crippen molar-refractivity contribution in [2.45, 2.75) is 24.8 Å². The fourth-order valence-electron chi connectivity index (χ4n) is 2.66. The van der Waals surface area contributed by atoms with Gasteiger partial charge < -0.3 is 5.32 Å². The number of hydrogen-bond acceptors (Lipinski definition) is 3. The number of non-ortho nitro benzene ring substituents is 1. The molecule has 2 aromatic carbocycles. The smallest absolute Gasteiger partial charge is 0.269 e. The van der Waals surface area contributed by atoms with Gasteiger partial charge in [0.05, 0.1) is 4.92 Å². The van der Waals surface area contributed by atoms with Crippen LogP contribution in [0.15, 0.2) is 48.5 Å². The summed E-state index contributed by atoms with van der Waals surface area (Å²) in [6, 6.07) is 15.0. The highest BCUT2D eigenvalue weighted by Crippen LogP contribution is 2.38. The molecule has 0 spiro atoms. The predicted octanol–water partition coefficient (Wildman–Crippen LogP) is 4.61. The summed E-state index contributed by atoms with van der Waals surface area (Å²) in [7, 11) is 0. The van der Waals surface area contributed by atoms with Crippen molar-refractivity contribution in [3.05, 3.63) is 69.2 Å². The van der Waals surface area contributed by atoms with Gasteiger partial charge in [-0.15, -0.1) is 0 Å². The van der Waals surface area contributed by atoms with Crippen molar-refractivity contribution >= 4 is 23.0 Å². The van der Waals surface area contributed by atoms with Crippen molar-refractivity contribution < 1.29 is 4.92 Å². The summed E-state index contributed by atoms with van der Waals surface area (Å²) >= 11 is 5.89. The quantitative estimate of drug-likeness (QED) is 0.663. The number of rotatable bonds is 4. The van der Waals surface area contributed by atoms with Crippen LogP contribution in [0.1, 0.15) is 24.3 Å². The molecule has 0 aromatic heterocycles. The van der Waals surface area contributed by atoms with E-state index < -0.39 is 0 Å². The first-order valence-corrected chi connectivity index (χ1v) is 7.26. The Bertz CT molecular complexity index is 634. The molecule has 4 nitrogen and oxygen atoms in total. The van der Waals surface area contributed by atoms with Crippen LogP contribution >= 0.6 is 11.6 Å². The summed E-state index contributed by atoms with van der Waals surface area (Å²) in [6.07, 6.45) is 2.14. The molecule has 5 heteroatoms. The molecule has 108 valence electrons. The Morgan fingerprint density at radius 3 is 2.24 bits per heavy atom. The second kappa shape index (κ2) is 5.74. The van der Waals surface area contributed by atoms with E-state index in [2.05, 4.69) is 17.4 Å². The van der Waals surface area contributed by atoms with Gasteiger partial charge in [0.2, 0.25) is 0 Å². The number of halogens is 1. The molecule has 1 aliphatic rings. The van der Waals surface area contributed by atoms with E-state index in [4.69, 9.17) is 11.6 Å². The second-order valence-electron chi connectivity index (χ2n) is 5.37. The zero-order valence-electron chi connectivity index (χ0n) is 11.3. The average molecular weight is 303 g/mol. The number of nitro groups is 1. The van der Waals surface area contributed by atoms with Crippen LogP contribution in [0.4, 0.5) is 11.4 Å². The third kappa shape index (κ3) is 3.16. The lowest BCUT2D eigenvalue weighted by Crippen LogP contribution is -2.33. The zero-order chi connectivity index (χ0) is 14.8. The van der Waals surface area contributed by atoms with Gasteiger partial charge in [-0.1, -0.05) is 23.7 Å². The van der Waals surface area contributed by atoms with E-state index in [-0.39, 0.29) is 10.6 Å². The highest BCUT2D eigenvalue weighted by Gasteiger charge is 2.30. The number of nitrogens with one attached hydrogen (secondary N) is 1. The fourth-order valence-corrected chi connectivity index (χ4v) is 2.78. The third-order valence-electron chi connectivity index (χ3n) is 3.93. The Hall–Kier alpha value is -2.07. The molecule has 3 rings (SSSR count). The summed E-state index contributed by atoms with van der Waals surface area (Å²) < 4.78 is 0. The molecule has 0 radical (unpaired) electrons. The van der Waals surface area contributed by atoms with Crippen LogP contribution in [0.2, 0.25) is 5.02 Å². The molecular weight excluding hydrogens is 288 g/mol. The highest BCUT2D eigenvalue weighted by molar-refractivity contribution is 6.30. The summed E-state index contributed by atoms with van der Waals surface area (Å²) in [6.45, 7) is 0. The normalized spacial score (nSPS) is 20.6. The van der Waals surface area contributed by atoms with Crippen molar-refractivity contribution in [1.82, 2.24) is 0 Å². The first kappa shape index (κ1) is 13.9. The second-order valence-corrected chi connectivity index (χ2v) is 5.80. The minimum Gasteiger partial charge on any atom is -0.382 e. The maximum Gasteiger partial charge on any atom is 0.269 e. The highest BCUT2D eigenvalue weighted by atomic mass is 35.5. The van der Waals surface area contributed by atoms with Gasteiger partial charge in [-0.25, -0.2) is 0 Å². The molecule has 2 aromatic rings. The molecular formula is C16H15ClN2O2. The number of hydrogen-bond donors (Lipinski definition) is 1. The minimum atomic E-state index is -0.385. The Balaban J connectivity index is 1.54. The van der Waals surface area contributed by atoms with Crippen LogP contribution in [0.5, 0.6) is 0 Å². The molecule has 0 unspecified atom stereocenters. The summed E-state index contributed by atoms with van der Waals surface area (Å²) in [5.74, 6) is 0.567. The van der Waals surface area contributed by atoms with Crippen LogP contribution in [0.25, 0.3) is 0 Å². The summed E-state index contributed by atoms with van der Waals surface area (Å²) in [4.78, 5) is 10.2. The van der Waals surface area contributed by atoms with Gasteiger partial charge in [-0.05, 0) is 48.6 Å². The van der Waals surface area contributed by atoms with Gasteiger partial charge in [0.15, 0.2) is 0 Å².